The first-order valence-electron chi connectivity index (χ1n) is 40.8. The molecular weight excluding hydrogens is 1250 g/mol. The van der Waals surface area contributed by atoms with Crippen LogP contribution in [0.1, 0.15) is 387 Å². The second-order valence-corrected chi connectivity index (χ2v) is 28.5. The summed E-state index contributed by atoms with van der Waals surface area (Å²) in [5, 5.41) is 26.5. The number of nitrogens with zero attached hydrogens (tertiary/aromatic N) is 2. The molecule has 1 N–H and O–H groups in total. The van der Waals surface area contributed by atoms with E-state index < -0.39 is 75.8 Å². The van der Waals surface area contributed by atoms with Crippen molar-refractivity contribution in [3.63, 3.8) is 0 Å². The number of esters is 4. The summed E-state index contributed by atoms with van der Waals surface area (Å²) >= 11 is 0. The Balaban J connectivity index is 1.91. The van der Waals surface area contributed by atoms with Gasteiger partial charge >= 0.3 is 23.9 Å². The molecule has 2 aromatic rings. The number of ether oxygens (including phenoxy) is 6. The highest BCUT2D eigenvalue weighted by Crippen LogP contribution is 2.35. The van der Waals surface area contributed by atoms with Crippen molar-refractivity contribution in [1.29, 1.82) is 0 Å². The molecule has 0 saturated carbocycles. The van der Waals surface area contributed by atoms with E-state index in [0.29, 0.717) is 31.4 Å². The van der Waals surface area contributed by atoms with E-state index in [2.05, 4.69) is 33.0 Å². The third kappa shape index (κ3) is 44.6. The Morgan fingerprint density at radius 2 is 0.677 bits per heavy atom. The zero-order valence-corrected chi connectivity index (χ0v) is 62.8. The molecule has 17 nitrogen and oxygen atoms in total. The number of rotatable bonds is 67. The molecule has 99 heavy (non-hydrogen) atoms. The van der Waals surface area contributed by atoms with Crippen molar-refractivity contribution < 1.29 is 57.4 Å². The summed E-state index contributed by atoms with van der Waals surface area (Å²) in [6, 6.07) is 9.64. The fourth-order valence-corrected chi connectivity index (χ4v) is 13.3. The Kier molecular flexibility index (Phi) is 53.5. The van der Waals surface area contributed by atoms with E-state index in [1.165, 1.54) is 224 Å². The number of carbonyl (C=O) groups is 4. The summed E-state index contributed by atoms with van der Waals surface area (Å²) in [7, 11) is 0. The van der Waals surface area contributed by atoms with Gasteiger partial charge in [0.25, 0.3) is 11.4 Å². The molecule has 1 fully saturated rings. The molecule has 3 rings (SSSR count). The van der Waals surface area contributed by atoms with Crippen LogP contribution in [0.15, 0.2) is 42.5 Å². The third-order valence-electron chi connectivity index (χ3n) is 19.5. The summed E-state index contributed by atoms with van der Waals surface area (Å²) in [6.45, 7) is 8.59. The number of hydrogen-bond donors (Lipinski definition) is 1. The Bertz CT molecular complexity index is 2370. The van der Waals surface area contributed by atoms with Crippen LogP contribution in [-0.4, -0.2) is 71.0 Å². The predicted molar refractivity (Wildman–Crippen MR) is 401 cm³/mol. The minimum Gasteiger partial charge on any atom is -0.463 e. The molecule has 0 spiro atoms. The summed E-state index contributed by atoms with van der Waals surface area (Å²) < 4.78 is 38.6. The van der Waals surface area contributed by atoms with E-state index in [1.807, 2.05) is 0 Å². The molecule has 1 aliphatic rings. The van der Waals surface area contributed by atoms with Crippen LogP contribution in [0.25, 0.3) is 0 Å². The second-order valence-electron chi connectivity index (χ2n) is 28.5. The molecule has 1 aliphatic heterocycles. The molecule has 5 atom stereocenters. The van der Waals surface area contributed by atoms with Gasteiger partial charge in [0.15, 0.2) is 12.2 Å². The standard InChI is InChI=1S/C82H139N3O14/c1-5-9-13-17-21-25-29-33-37-41-45-49-53-57-75(86)94-68-74-79(97-76(87)58-54-50-46-42-38-34-30-26-22-18-14-10-6-2)80(98-77(88)59-55-51-47-43-39-35-31-27-23-19-15-11-7-3)81(99-78(89)60-56-52-48-44-40-36-32-28-24-20-16-12-8-4)82(96-74)95-71-64-61-69(62-65-71)83-72-66-63-70(84(90)91)67-73(72)85(92)93/h61-67,74,79-83H,5-60,68H2,1-4H3. The lowest BCUT2D eigenvalue weighted by Crippen LogP contribution is -2.63. The number of anilines is 2. The molecule has 0 amide bonds. The molecule has 566 valence electrons. The summed E-state index contributed by atoms with van der Waals surface area (Å²) in [5.74, 6) is -1.92. The normalized spacial score (nSPS) is 15.9. The zero-order chi connectivity index (χ0) is 71.4. The van der Waals surface area contributed by atoms with Gasteiger partial charge in [-0.1, -0.05) is 336 Å². The summed E-state index contributed by atoms with van der Waals surface area (Å²) in [6.07, 6.45) is 52.9. The van der Waals surface area contributed by atoms with E-state index in [0.717, 1.165) is 102 Å². The van der Waals surface area contributed by atoms with Gasteiger partial charge < -0.3 is 33.7 Å². The van der Waals surface area contributed by atoms with Gasteiger partial charge in [0.1, 0.15) is 24.1 Å². The van der Waals surface area contributed by atoms with Crippen LogP contribution in [-0.2, 0) is 42.9 Å². The van der Waals surface area contributed by atoms with Gasteiger partial charge in [-0.15, -0.1) is 0 Å². The lowest BCUT2D eigenvalue weighted by atomic mass is 9.97. The predicted octanol–water partition coefficient (Wildman–Crippen LogP) is 24.6. The Morgan fingerprint density at radius 1 is 0.374 bits per heavy atom. The van der Waals surface area contributed by atoms with Crippen LogP contribution in [0.2, 0.25) is 0 Å². The molecule has 5 unspecified atom stereocenters. The minimum atomic E-state index is -1.48. The maximum atomic E-state index is 14.4. The molecule has 0 aliphatic carbocycles. The van der Waals surface area contributed by atoms with Gasteiger partial charge in [-0.3, -0.25) is 39.4 Å². The number of nitrogens with one attached hydrogen (secondary N) is 1. The first-order chi connectivity index (χ1) is 48.4. The van der Waals surface area contributed by atoms with Crippen LogP contribution >= 0.6 is 0 Å². The highest BCUT2D eigenvalue weighted by atomic mass is 16.7. The van der Waals surface area contributed by atoms with Crippen molar-refractivity contribution in [3.05, 3.63) is 62.7 Å². The van der Waals surface area contributed by atoms with E-state index in [9.17, 15) is 39.4 Å². The topological polar surface area (TPSA) is 222 Å². The van der Waals surface area contributed by atoms with Crippen LogP contribution < -0.4 is 10.1 Å². The fourth-order valence-electron chi connectivity index (χ4n) is 13.3. The monoisotopic (exact) mass is 1390 g/mol. The fraction of sp³-hybridized carbons (Fsp3) is 0.805. The van der Waals surface area contributed by atoms with Gasteiger partial charge in [-0.2, -0.15) is 0 Å². The van der Waals surface area contributed by atoms with Crippen molar-refractivity contribution in [1.82, 2.24) is 0 Å². The van der Waals surface area contributed by atoms with Crippen molar-refractivity contribution in [2.75, 3.05) is 11.9 Å². The molecule has 0 radical (unpaired) electrons. The highest BCUT2D eigenvalue weighted by molar-refractivity contribution is 5.73. The van der Waals surface area contributed by atoms with Gasteiger partial charge in [0.05, 0.1) is 15.9 Å². The molecule has 2 aromatic carbocycles. The Hall–Kier alpha value is -5.32. The Morgan fingerprint density at radius 3 is 1.00 bits per heavy atom. The zero-order valence-electron chi connectivity index (χ0n) is 62.8. The van der Waals surface area contributed by atoms with E-state index in [1.54, 1.807) is 24.3 Å². The molecule has 0 bridgehead atoms. The van der Waals surface area contributed by atoms with Crippen molar-refractivity contribution in [3.8, 4) is 5.75 Å². The highest BCUT2D eigenvalue weighted by Gasteiger charge is 2.54. The lowest BCUT2D eigenvalue weighted by molar-refractivity contribution is -0.393. The average Bonchev–Trinajstić information content (AvgIpc) is 0.784. The molecule has 1 saturated heterocycles. The van der Waals surface area contributed by atoms with Crippen LogP contribution in [0.3, 0.4) is 0 Å². The van der Waals surface area contributed by atoms with Crippen molar-refractivity contribution in [2.45, 2.75) is 418 Å². The maximum absolute atomic E-state index is 14.4. The molecular formula is C82H139N3O14. The number of nitro groups is 2. The number of benzene rings is 2. The SMILES string of the molecule is CCCCCCCCCCCCCCCC(=O)OCC1OC(Oc2ccc(Nc3ccc([N+](=O)[O-])cc3[N+](=O)[O-])cc2)C(OC(=O)CCCCCCCCCCCCCCC)C(OC(=O)CCCCCCCCCCCCCCC)C1OC(=O)CCCCCCCCCCCCCCC. The first-order valence-corrected chi connectivity index (χ1v) is 40.8. The maximum Gasteiger partial charge on any atom is 0.306 e. The van der Waals surface area contributed by atoms with Gasteiger partial charge in [0, 0.05) is 37.4 Å². The smallest absolute Gasteiger partial charge is 0.306 e. The third-order valence-corrected chi connectivity index (χ3v) is 19.5. The minimum absolute atomic E-state index is 0.0231. The van der Waals surface area contributed by atoms with E-state index >= 15 is 0 Å². The number of unbranched alkanes of at least 4 members (excludes halogenated alkanes) is 48. The van der Waals surface area contributed by atoms with Crippen LogP contribution in [0.5, 0.6) is 5.75 Å². The van der Waals surface area contributed by atoms with Crippen LogP contribution in [0, 0.1) is 20.2 Å². The number of non-ortho nitro benzene ring substituents is 1. The number of nitro benzene ring substituents is 2. The lowest BCUT2D eigenvalue weighted by Gasteiger charge is -2.44. The van der Waals surface area contributed by atoms with Crippen molar-refractivity contribution >= 4 is 46.6 Å². The molecule has 0 aromatic heterocycles. The van der Waals surface area contributed by atoms with Crippen molar-refractivity contribution in [2.24, 2.45) is 0 Å². The second kappa shape index (κ2) is 60.3. The quantitative estimate of drug-likeness (QED) is 0.0214. The van der Waals surface area contributed by atoms with Crippen LogP contribution in [0.4, 0.5) is 22.7 Å². The Labute approximate surface area is 599 Å². The van der Waals surface area contributed by atoms with Gasteiger partial charge in [-0.25, -0.2) is 0 Å². The average molecular weight is 1390 g/mol. The first kappa shape index (κ1) is 87.9. The van der Waals surface area contributed by atoms with Gasteiger partial charge in [-0.05, 0) is 56.0 Å². The number of carbonyl (C=O) groups excluding carboxylic acids is 4. The summed E-state index contributed by atoms with van der Waals surface area (Å²) in [4.78, 5) is 78.8. The summed E-state index contributed by atoms with van der Waals surface area (Å²) in [5.41, 5.74) is -0.515. The van der Waals surface area contributed by atoms with E-state index in [-0.39, 0.29) is 43.7 Å². The number of hydrogen-bond acceptors (Lipinski definition) is 15. The largest absolute Gasteiger partial charge is 0.463 e. The van der Waals surface area contributed by atoms with E-state index in [4.69, 9.17) is 28.4 Å². The molecule has 1 heterocycles. The van der Waals surface area contributed by atoms with Gasteiger partial charge in [0.2, 0.25) is 12.4 Å². The molecule has 17 heteroatoms.